The summed E-state index contributed by atoms with van der Waals surface area (Å²) in [5.41, 5.74) is 0.992. The first kappa shape index (κ1) is 19.8. The molecule has 0 saturated heterocycles. The zero-order valence-corrected chi connectivity index (χ0v) is 17.8. The Morgan fingerprint density at radius 1 is 0.971 bits per heavy atom. The summed E-state index contributed by atoms with van der Waals surface area (Å²) in [6.45, 7) is 0.172. The van der Waals surface area contributed by atoms with Crippen molar-refractivity contribution in [2.75, 3.05) is 13.9 Å². The van der Waals surface area contributed by atoms with Gasteiger partial charge in [0.05, 0.1) is 23.7 Å². The Balaban J connectivity index is 1.39. The first-order valence-corrected chi connectivity index (χ1v) is 10.3. The van der Waals surface area contributed by atoms with Gasteiger partial charge in [-0.25, -0.2) is 9.36 Å². The largest absolute Gasteiger partial charge is 0.497 e. The van der Waals surface area contributed by atoms with Crippen molar-refractivity contribution in [2.24, 2.45) is 0 Å². The zero-order chi connectivity index (χ0) is 23.2. The van der Waals surface area contributed by atoms with Crippen LogP contribution in [0, 0.1) is 0 Å². The molecule has 0 fully saturated rings. The Labute approximate surface area is 191 Å². The molecule has 0 atom stereocenters. The van der Waals surface area contributed by atoms with Crippen molar-refractivity contribution < 1.29 is 18.7 Å². The summed E-state index contributed by atoms with van der Waals surface area (Å²) in [7, 11) is 1.52. The number of hydrogen-bond donors (Lipinski definition) is 1. The molecular weight excluding hydrogens is 440 g/mol. The average Bonchev–Trinajstić information content (AvgIpc) is 3.53. The third kappa shape index (κ3) is 3.20. The van der Waals surface area contributed by atoms with Crippen molar-refractivity contribution in [3.05, 3.63) is 81.5 Å². The summed E-state index contributed by atoms with van der Waals surface area (Å²) in [5.74, 6) is 2.42. The fraction of sp³-hybridized carbons (Fsp3) is 0.0833. The quantitative estimate of drug-likeness (QED) is 0.438. The number of fused-ring (bicyclic) bond motifs is 2. The van der Waals surface area contributed by atoms with Crippen LogP contribution in [0.1, 0.15) is 0 Å². The lowest BCUT2D eigenvalue weighted by Gasteiger charge is -2.08. The molecule has 0 spiro atoms. The predicted molar refractivity (Wildman–Crippen MR) is 122 cm³/mol. The Hall–Kier alpha value is -4.86. The van der Waals surface area contributed by atoms with Crippen LogP contribution in [0.4, 0.5) is 0 Å². The molecule has 0 saturated carbocycles. The van der Waals surface area contributed by atoms with E-state index in [4.69, 9.17) is 18.7 Å². The maximum Gasteiger partial charge on any atom is 0.333 e. The molecule has 0 bridgehead atoms. The van der Waals surface area contributed by atoms with E-state index in [1.54, 1.807) is 60.7 Å². The van der Waals surface area contributed by atoms with Crippen LogP contribution in [-0.2, 0) is 0 Å². The zero-order valence-electron chi connectivity index (χ0n) is 17.8. The number of nitrogens with zero attached hydrogens (tertiary/aromatic N) is 3. The van der Waals surface area contributed by atoms with Gasteiger partial charge < -0.3 is 23.7 Å². The van der Waals surface area contributed by atoms with Crippen LogP contribution in [0.3, 0.4) is 0 Å². The number of methoxy groups -OCH3 is 1. The van der Waals surface area contributed by atoms with Gasteiger partial charge in [0.25, 0.3) is 11.4 Å². The summed E-state index contributed by atoms with van der Waals surface area (Å²) in [5, 5.41) is 4.38. The third-order valence-corrected chi connectivity index (χ3v) is 5.51. The van der Waals surface area contributed by atoms with Crippen LogP contribution >= 0.6 is 0 Å². The number of ether oxygens (including phenoxy) is 3. The topological polar surface area (TPSA) is 121 Å². The second kappa shape index (κ2) is 7.62. The van der Waals surface area contributed by atoms with E-state index in [9.17, 15) is 9.59 Å². The van der Waals surface area contributed by atoms with Crippen molar-refractivity contribution in [3.63, 3.8) is 0 Å². The number of rotatable bonds is 4. The van der Waals surface area contributed by atoms with Gasteiger partial charge in [0.2, 0.25) is 12.6 Å². The molecule has 0 unspecified atom stereocenters. The first-order valence-electron chi connectivity index (χ1n) is 10.3. The highest BCUT2D eigenvalue weighted by Gasteiger charge is 2.18. The summed E-state index contributed by atoms with van der Waals surface area (Å²) in [4.78, 5) is 33.1. The molecule has 1 aliphatic heterocycles. The van der Waals surface area contributed by atoms with Gasteiger partial charge in [0.15, 0.2) is 11.5 Å². The molecule has 10 heteroatoms. The van der Waals surface area contributed by atoms with Crippen LogP contribution in [-0.4, -0.2) is 33.6 Å². The van der Waals surface area contributed by atoms with Crippen molar-refractivity contribution in [2.45, 2.75) is 0 Å². The Morgan fingerprint density at radius 2 is 1.82 bits per heavy atom. The van der Waals surface area contributed by atoms with Crippen LogP contribution < -0.4 is 25.5 Å². The number of hydrogen-bond acceptors (Lipinski definition) is 8. The summed E-state index contributed by atoms with van der Waals surface area (Å²) < 4.78 is 22.4. The van der Waals surface area contributed by atoms with Gasteiger partial charge in [0.1, 0.15) is 5.75 Å². The maximum absolute atomic E-state index is 13.1. The van der Waals surface area contributed by atoms with Gasteiger partial charge in [-0.3, -0.25) is 4.79 Å². The summed E-state index contributed by atoms with van der Waals surface area (Å²) >= 11 is 0. The predicted octanol–water partition coefficient (Wildman–Crippen LogP) is 3.13. The van der Waals surface area contributed by atoms with Gasteiger partial charge in [0, 0.05) is 17.2 Å². The van der Waals surface area contributed by atoms with Crippen LogP contribution in [0.15, 0.2) is 74.8 Å². The lowest BCUT2D eigenvalue weighted by Crippen LogP contribution is -2.33. The molecule has 1 N–H and O–H groups in total. The van der Waals surface area contributed by atoms with E-state index in [1.165, 1.54) is 7.11 Å². The molecule has 5 aromatic rings. The van der Waals surface area contributed by atoms with Crippen LogP contribution in [0.2, 0.25) is 0 Å². The van der Waals surface area contributed by atoms with E-state index in [2.05, 4.69) is 15.1 Å². The van der Waals surface area contributed by atoms with Gasteiger partial charge in [-0.15, -0.1) is 0 Å². The normalized spacial score (nSPS) is 12.3. The number of benzene rings is 3. The van der Waals surface area contributed by atoms with Crippen molar-refractivity contribution in [1.82, 2.24) is 19.7 Å². The molecule has 3 aromatic carbocycles. The fourth-order valence-electron chi connectivity index (χ4n) is 3.83. The molecule has 34 heavy (non-hydrogen) atoms. The van der Waals surface area contributed by atoms with E-state index >= 15 is 0 Å². The lowest BCUT2D eigenvalue weighted by molar-refractivity contribution is 0.174. The molecule has 3 heterocycles. The van der Waals surface area contributed by atoms with E-state index < -0.39 is 11.2 Å². The second-order valence-electron chi connectivity index (χ2n) is 7.52. The molecule has 0 aliphatic carbocycles. The molecule has 2 aromatic heterocycles. The number of aromatic nitrogens is 4. The standard InChI is InChI=1S/C24H16N4O6/c1-31-16-4-2-3-15(11-16)28-23(29)17-7-5-14(9-18(17)25-24(28)30)22-26-21(27-34-22)13-6-8-19-20(10-13)33-12-32-19/h2-11H,12H2,1H3,(H,25,30). The Morgan fingerprint density at radius 3 is 2.71 bits per heavy atom. The molecule has 0 amide bonds. The molecule has 0 radical (unpaired) electrons. The Bertz CT molecular complexity index is 1680. The summed E-state index contributed by atoms with van der Waals surface area (Å²) in [6.07, 6.45) is 0. The van der Waals surface area contributed by atoms with Crippen molar-refractivity contribution in [3.8, 4) is 45.8 Å². The minimum atomic E-state index is -0.575. The Kier molecular flexibility index (Phi) is 4.44. The minimum Gasteiger partial charge on any atom is -0.497 e. The van der Waals surface area contributed by atoms with E-state index in [0.717, 1.165) is 4.57 Å². The molecule has 6 rings (SSSR count). The van der Waals surface area contributed by atoms with E-state index in [0.29, 0.717) is 50.8 Å². The SMILES string of the molecule is COc1cccc(-n2c(=O)[nH]c3cc(-c4nc(-c5ccc6c(c5)OCO6)no4)ccc3c2=O)c1. The molecule has 1 aliphatic rings. The lowest BCUT2D eigenvalue weighted by atomic mass is 10.1. The fourth-order valence-corrected chi connectivity index (χ4v) is 3.83. The molecule has 10 nitrogen and oxygen atoms in total. The second-order valence-corrected chi connectivity index (χ2v) is 7.52. The molecular formula is C24H16N4O6. The number of H-pyrrole nitrogens is 1. The number of nitrogens with one attached hydrogen (secondary N) is 1. The van der Waals surface area contributed by atoms with Crippen molar-refractivity contribution in [1.29, 1.82) is 0 Å². The first-order chi connectivity index (χ1) is 16.6. The third-order valence-electron chi connectivity index (χ3n) is 5.51. The highest BCUT2D eigenvalue weighted by Crippen LogP contribution is 2.35. The highest BCUT2D eigenvalue weighted by atomic mass is 16.7. The average molecular weight is 456 g/mol. The highest BCUT2D eigenvalue weighted by molar-refractivity contribution is 5.82. The number of aromatic amines is 1. The van der Waals surface area contributed by atoms with E-state index in [-0.39, 0.29) is 12.7 Å². The van der Waals surface area contributed by atoms with Crippen LogP contribution in [0.25, 0.3) is 39.4 Å². The maximum atomic E-state index is 13.1. The van der Waals surface area contributed by atoms with Crippen LogP contribution in [0.5, 0.6) is 17.2 Å². The van der Waals surface area contributed by atoms with E-state index in [1.807, 2.05) is 0 Å². The molecule has 168 valence electrons. The van der Waals surface area contributed by atoms with Gasteiger partial charge >= 0.3 is 5.69 Å². The van der Waals surface area contributed by atoms with Gasteiger partial charge in [-0.1, -0.05) is 11.2 Å². The van der Waals surface area contributed by atoms with Crippen molar-refractivity contribution >= 4 is 10.9 Å². The smallest absolute Gasteiger partial charge is 0.333 e. The van der Waals surface area contributed by atoms with Gasteiger partial charge in [-0.2, -0.15) is 4.98 Å². The summed E-state index contributed by atoms with van der Waals surface area (Å²) in [6, 6.07) is 17.0. The van der Waals surface area contributed by atoms with Gasteiger partial charge in [-0.05, 0) is 48.5 Å². The minimum absolute atomic E-state index is 0.172. The monoisotopic (exact) mass is 456 g/mol.